The second-order valence-corrected chi connectivity index (χ2v) is 15.2. The first kappa shape index (κ1) is 16.4. The van der Waals surface area contributed by atoms with Crippen molar-refractivity contribution in [1.29, 1.82) is 0 Å². The highest BCUT2D eigenvalue weighted by Crippen LogP contribution is 2.54. The summed E-state index contributed by atoms with van der Waals surface area (Å²) in [7, 11) is 0. The average molecular weight is 919 g/mol. The molecular formula is C66H42N2O. The number of hydrogen-bond acceptors (Lipinski definition) is 3. The maximum atomic E-state index is 10.7. The molecule has 2 atom stereocenters. The molecule has 10 aromatic carbocycles. The molecule has 3 heteroatoms. The average Bonchev–Trinajstić information content (AvgIpc) is 1.67. The molecular weight excluding hydrogens is 837 g/mol. The molecule has 69 heavy (non-hydrogen) atoms. The summed E-state index contributed by atoms with van der Waals surface area (Å²) in [5, 5.41) is -9.52. The summed E-state index contributed by atoms with van der Waals surface area (Å²) in [4.78, 5) is 8.71. The van der Waals surface area contributed by atoms with Crippen LogP contribution in [0.5, 0.6) is 0 Å². The van der Waals surface area contributed by atoms with Gasteiger partial charge >= 0.3 is 0 Å². The summed E-state index contributed by atoms with van der Waals surface area (Å²) < 4.78 is 382. The van der Waals surface area contributed by atoms with Gasteiger partial charge < -0.3 is 4.42 Å². The molecule has 2 unspecified atom stereocenters. The zero-order valence-corrected chi connectivity index (χ0v) is 34.5. The summed E-state index contributed by atoms with van der Waals surface area (Å²) in [6.07, 6.45) is -0.829. The second-order valence-electron chi connectivity index (χ2n) is 15.2. The highest BCUT2D eigenvalue weighted by molar-refractivity contribution is 6.21. The fraction of sp³-hybridized carbons (Fsp3) is 0.0303. The molecule has 1 aliphatic carbocycles. The number of hydrogen-bond donors (Lipinski definition) is 0. The third-order valence-electron chi connectivity index (χ3n) is 11.5. The molecule has 1 aliphatic heterocycles. The largest absolute Gasteiger partial charge is 0.455 e. The van der Waals surface area contributed by atoms with Crippen molar-refractivity contribution in [2.75, 3.05) is 0 Å². The van der Waals surface area contributed by atoms with E-state index < -0.39 is 386 Å². The number of dihydropyridines is 1. The fourth-order valence-electron chi connectivity index (χ4n) is 8.53. The molecule has 0 saturated carbocycles. The number of aromatic nitrogens is 1. The molecule has 0 saturated heterocycles. The molecule has 0 bridgehead atoms. The topological polar surface area (TPSA) is 38.4 Å². The number of fused-ring (bicyclic) bond motifs is 8. The Morgan fingerprint density at radius 2 is 0.783 bits per heavy atom. The highest BCUT2D eigenvalue weighted by Gasteiger charge is 2.31. The fourth-order valence-corrected chi connectivity index (χ4v) is 8.53. The van der Waals surface area contributed by atoms with Crippen molar-refractivity contribution < 1.29 is 59.2 Å². The van der Waals surface area contributed by atoms with Crippen LogP contribution >= 0.6 is 0 Å². The molecule has 2 aliphatic rings. The Hall–Kier alpha value is -8.92. The van der Waals surface area contributed by atoms with E-state index in [4.69, 9.17) is 25.0 Å². The minimum absolute atomic E-state index is 0.436. The summed E-state index contributed by atoms with van der Waals surface area (Å²) >= 11 is 0. The van der Waals surface area contributed by atoms with E-state index in [0.29, 0.717) is 0 Å². The molecule has 14 rings (SSSR count). The number of aliphatic imine (C=N–C) groups is 1. The highest BCUT2D eigenvalue weighted by atomic mass is 16.3. The Balaban J connectivity index is 1.28. The van der Waals surface area contributed by atoms with Crippen LogP contribution in [-0.2, 0) is 0 Å². The lowest BCUT2D eigenvalue weighted by Gasteiger charge is -2.27. The van der Waals surface area contributed by atoms with E-state index in [9.17, 15) is 34.3 Å². The van der Waals surface area contributed by atoms with Crippen molar-refractivity contribution in [3.63, 3.8) is 0 Å². The molecule has 0 radical (unpaired) electrons. The molecule has 3 heterocycles. The van der Waals surface area contributed by atoms with Crippen molar-refractivity contribution in [3.8, 4) is 56.0 Å². The van der Waals surface area contributed by atoms with Gasteiger partial charge in [0.2, 0.25) is 0 Å². The van der Waals surface area contributed by atoms with Gasteiger partial charge in [0.25, 0.3) is 0 Å². The van der Waals surface area contributed by atoms with E-state index in [1.165, 1.54) is 0 Å². The lowest BCUT2D eigenvalue weighted by atomic mass is 9.83. The van der Waals surface area contributed by atoms with Gasteiger partial charge in [-0.1, -0.05) is 224 Å². The summed E-state index contributed by atoms with van der Waals surface area (Å²) in [6.45, 7) is 0. The Kier molecular flexibility index (Phi) is 3.77. The summed E-state index contributed by atoms with van der Waals surface area (Å²) in [5.41, 5.74) is -11.6. The molecule has 0 N–H and O–H groups in total. The Labute approximate surface area is 455 Å². The monoisotopic (exact) mass is 919 g/mol. The molecule has 12 aromatic rings. The maximum Gasteiger partial charge on any atom is 0.143 e. The van der Waals surface area contributed by atoms with Crippen LogP contribution in [0.25, 0.3) is 116 Å². The van der Waals surface area contributed by atoms with Crippen LogP contribution in [0, 0.1) is 5.92 Å². The predicted octanol–water partition coefficient (Wildman–Crippen LogP) is 17.5. The van der Waals surface area contributed by atoms with Crippen LogP contribution in [0.2, 0.25) is 0 Å². The minimum atomic E-state index is -1.76. The van der Waals surface area contributed by atoms with Crippen molar-refractivity contribution in [1.82, 2.24) is 4.98 Å². The third-order valence-corrected chi connectivity index (χ3v) is 11.5. The molecule has 0 spiro atoms. The van der Waals surface area contributed by atoms with Gasteiger partial charge in [0, 0.05) is 39.9 Å². The summed E-state index contributed by atoms with van der Waals surface area (Å²) in [6, 6.07) is -45.4. The van der Waals surface area contributed by atoms with Gasteiger partial charge in [-0.15, -0.1) is 0 Å². The number of nitrogens with zero attached hydrogens (tertiary/aromatic N) is 2. The number of rotatable bonds is 6. The SMILES string of the molecule is [2H]C1=C([2H])C2C([2H])=C([2H])c3c(nc([2H])c([2H])c3[2H])C2N=C1c1c([2H])c([2H])c(-c2c([2H])c([2H])c(-c3c(-c4c([2H])c([2H])c([2H])c5c([2H])c([2H])c([2H])c([2H])c45)oc(-c4c([2H])c([2H])c([2H])c5c([2H])c([2H])c([2H])c([2H])c45)c3-c3c([2H])c([2H])c([2H])c4c([2H])c([2H])c([2H])c([2H])c34)c3c([2H])c([2H])c([2H])c([2H])c23)c2c([2H])c([2H])c([2H])c([2H])c12. The normalized spacial score (nSPS) is 23.9. The van der Waals surface area contributed by atoms with E-state index in [0.717, 1.165) is 0 Å². The first-order valence-corrected chi connectivity index (χ1v) is 20.5. The van der Waals surface area contributed by atoms with Crippen molar-refractivity contribution in [2.45, 2.75) is 6.04 Å². The molecule has 2 aromatic heterocycles. The molecule has 0 fully saturated rings. The van der Waals surface area contributed by atoms with Gasteiger partial charge in [0.15, 0.2) is 0 Å². The smallest absolute Gasteiger partial charge is 0.143 e. The van der Waals surface area contributed by atoms with E-state index >= 15 is 0 Å². The molecule has 3 nitrogen and oxygen atoms in total. The number of allylic oxidation sites excluding steroid dienone is 1. The van der Waals surface area contributed by atoms with Crippen LogP contribution in [0.15, 0.2) is 245 Å². The first-order valence-electron chi connectivity index (χ1n) is 40.5. The third kappa shape index (κ3) is 6.28. The lowest BCUT2D eigenvalue weighted by Crippen LogP contribution is -2.19. The van der Waals surface area contributed by atoms with E-state index in [2.05, 4.69) is 9.98 Å². The quantitative estimate of drug-likeness (QED) is 0.167. The minimum Gasteiger partial charge on any atom is -0.455 e. The van der Waals surface area contributed by atoms with Gasteiger partial charge in [-0.2, -0.15) is 0 Å². The van der Waals surface area contributed by atoms with Gasteiger partial charge in [-0.3, -0.25) is 9.98 Å². The van der Waals surface area contributed by atoms with Crippen molar-refractivity contribution in [2.24, 2.45) is 10.9 Å². The van der Waals surface area contributed by atoms with E-state index in [1.54, 1.807) is 0 Å². The zero-order valence-electron chi connectivity index (χ0n) is 74.5. The number of furan rings is 1. The molecule has 322 valence electrons. The predicted molar refractivity (Wildman–Crippen MR) is 289 cm³/mol. The Morgan fingerprint density at radius 1 is 0.362 bits per heavy atom. The zero-order chi connectivity index (χ0) is 80.2. The van der Waals surface area contributed by atoms with Crippen LogP contribution in [0.3, 0.4) is 0 Å². The van der Waals surface area contributed by atoms with Gasteiger partial charge in [0.05, 0.1) is 66.2 Å². The van der Waals surface area contributed by atoms with Crippen LogP contribution in [-0.4, -0.2) is 10.7 Å². The van der Waals surface area contributed by atoms with E-state index in [1.807, 2.05) is 0 Å². The first-order chi connectivity index (χ1) is 50.9. The van der Waals surface area contributed by atoms with E-state index in [-0.39, 0.29) is 0 Å². The standard InChI is InChI=1S/C66H42N2O/c1-4-22-46-41(15-1)18-11-29-56(46)61-62(66(59-31-13-20-43-17-3-6-24-48(43)59)69-65(61)58-30-12-19-42-16-2-5-23-47(42)58)57-38-36-54(50-26-8-10-28-52(50)57)53-35-37-55(51-27-9-7-25-49(51)53)60-39-34-45-33-32-44-21-14-40-67-63(44)64(45)68-60/h1-40,45,64H/i1D,2D,3D,4D,5D,6D,7D,8D,9D,10D,11D,12D,13D,14D,15D,16D,17D,18D,19D,20D,21D,22D,23D,24D,25D,26D,27D,28D,29D,30D,31D,32D,33D,34D,35D,36D,37D,38D,39D,40D. The van der Waals surface area contributed by atoms with Gasteiger partial charge in [-0.25, -0.2) is 0 Å². The second kappa shape index (κ2) is 15.9. The van der Waals surface area contributed by atoms with Crippen LogP contribution < -0.4 is 0 Å². The molecule has 0 amide bonds. The summed E-state index contributed by atoms with van der Waals surface area (Å²) in [5.74, 6) is -4.19. The van der Waals surface area contributed by atoms with Crippen molar-refractivity contribution in [3.05, 3.63) is 253 Å². The maximum absolute atomic E-state index is 10.7. The van der Waals surface area contributed by atoms with Crippen LogP contribution in [0.4, 0.5) is 0 Å². The Bertz CT molecular complexity index is 6530. The van der Waals surface area contributed by atoms with Crippen molar-refractivity contribution >= 4 is 65.6 Å². The Morgan fingerprint density at radius 3 is 1.36 bits per heavy atom. The van der Waals surface area contributed by atoms with Gasteiger partial charge in [0.1, 0.15) is 17.6 Å². The van der Waals surface area contributed by atoms with Crippen LogP contribution in [0.1, 0.15) is 77.7 Å². The number of benzene rings is 10. The lowest BCUT2D eigenvalue weighted by molar-refractivity contribution is 0.591. The number of pyridine rings is 1. The van der Waals surface area contributed by atoms with Gasteiger partial charge in [-0.05, 0) is 93.8 Å².